The van der Waals surface area contributed by atoms with Gasteiger partial charge in [0, 0.05) is 29.0 Å². The van der Waals surface area contributed by atoms with Gasteiger partial charge in [-0.15, -0.1) is 0 Å². The van der Waals surface area contributed by atoms with Crippen LogP contribution in [0.5, 0.6) is 5.75 Å². The van der Waals surface area contributed by atoms with E-state index in [4.69, 9.17) is 16.6 Å². The van der Waals surface area contributed by atoms with Gasteiger partial charge in [0.2, 0.25) is 0 Å². The summed E-state index contributed by atoms with van der Waals surface area (Å²) in [4.78, 5) is 22.2. The van der Waals surface area contributed by atoms with Gasteiger partial charge in [-0.2, -0.15) is 8.78 Å². The third-order valence-corrected chi connectivity index (χ3v) is 5.15. The number of carbonyl (C=O) groups excluding carboxylic acids is 1. The second-order valence-electron chi connectivity index (χ2n) is 7.25. The molecule has 0 radical (unpaired) electrons. The Hall–Kier alpha value is -3.58. The average molecular weight is 454 g/mol. The molecule has 1 amide bonds. The fourth-order valence-corrected chi connectivity index (χ4v) is 3.72. The van der Waals surface area contributed by atoms with Crippen LogP contribution in [0.3, 0.4) is 0 Å². The molecule has 0 fully saturated rings. The maximum Gasteiger partial charge on any atom is 0.387 e. The number of rotatable bonds is 5. The Morgan fingerprint density at radius 3 is 2.62 bits per heavy atom. The fraction of sp³-hybridized carbons (Fsp3) is 0.125. The molecule has 0 saturated heterocycles. The summed E-state index contributed by atoms with van der Waals surface area (Å²) < 4.78 is 29.3. The summed E-state index contributed by atoms with van der Waals surface area (Å²) in [5.74, 6) is -0.551. The topological polar surface area (TPSA) is 64.1 Å². The van der Waals surface area contributed by atoms with Crippen molar-refractivity contribution in [1.82, 2.24) is 9.97 Å². The minimum Gasteiger partial charge on any atom is -0.433 e. The van der Waals surface area contributed by atoms with E-state index in [0.717, 1.165) is 16.7 Å². The highest BCUT2D eigenvalue weighted by Gasteiger charge is 2.17. The third-order valence-electron chi connectivity index (χ3n) is 4.86. The number of halogens is 3. The zero-order valence-corrected chi connectivity index (χ0v) is 18.0. The van der Waals surface area contributed by atoms with Crippen LogP contribution in [0.1, 0.15) is 21.5 Å². The first kappa shape index (κ1) is 21.6. The monoisotopic (exact) mass is 453 g/mol. The number of amides is 1. The van der Waals surface area contributed by atoms with Crippen LogP contribution in [-0.2, 0) is 0 Å². The van der Waals surface area contributed by atoms with Crippen molar-refractivity contribution in [2.24, 2.45) is 0 Å². The predicted octanol–water partition coefficient (Wildman–Crippen LogP) is 6.42. The highest BCUT2D eigenvalue weighted by molar-refractivity contribution is 6.32. The van der Waals surface area contributed by atoms with Gasteiger partial charge in [-0.1, -0.05) is 23.2 Å². The van der Waals surface area contributed by atoms with Crippen LogP contribution in [0, 0.1) is 13.8 Å². The van der Waals surface area contributed by atoms with Crippen LogP contribution in [0.2, 0.25) is 5.02 Å². The molecule has 8 heteroatoms. The minimum atomic E-state index is -2.99. The minimum absolute atomic E-state index is 0.0366. The number of alkyl halides is 2. The molecule has 4 rings (SSSR count). The van der Waals surface area contributed by atoms with Crippen molar-refractivity contribution in [2.75, 3.05) is 5.32 Å². The standard InChI is InChI=1S/C24H18ClF2N3O2/c1-13-8-14(2)22-17(9-13)18(11-20(30-22)15-4-3-7-28-12-15)23(31)29-16-5-6-21(19(25)10-16)32-24(26)27/h3-12,24H,1-2H3,(H,29,31). The van der Waals surface area contributed by atoms with Gasteiger partial charge in [0.05, 0.1) is 21.8 Å². The maximum atomic E-state index is 13.3. The molecule has 0 saturated carbocycles. The number of aryl methyl sites for hydroxylation is 2. The summed E-state index contributed by atoms with van der Waals surface area (Å²) in [6, 6.07) is 13.4. The van der Waals surface area contributed by atoms with Gasteiger partial charge in [-0.05, 0) is 61.9 Å². The third kappa shape index (κ3) is 4.53. The van der Waals surface area contributed by atoms with Gasteiger partial charge in [0.25, 0.3) is 5.91 Å². The Balaban J connectivity index is 1.77. The quantitative estimate of drug-likeness (QED) is 0.378. The molecule has 32 heavy (non-hydrogen) atoms. The number of carbonyl (C=O) groups is 1. The number of benzene rings is 2. The van der Waals surface area contributed by atoms with Gasteiger partial charge in [-0.3, -0.25) is 9.78 Å². The molecule has 0 atom stereocenters. The van der Waals surface area contributed by atoms with Crippen molar-refractivity contribution >= 4 is 34.1 Å². The molecule has 0 aliphatic heterocycles. The van der Waals surface area contributed by atoms with Crippen LogP contribution in [0.15, 0.2) is 60.9 Å². The van der Waals surface area contributed by atoms with Crippen molar-refractivity contribution in [3.8, 4) is 17.0 Å². The van der Waals surface area contributed by atoms with Gasteiger partial charge < -0.3 is 10.1 Å². The highest BCUT2D eigenvalue weighted by Crippen LogP contribution is 2.31. The smallest absolute Gasteiger partial charge is 0.387 e. The molecular formula is C24H18ClF2N3O2. The summed E-state index contributed by atoms with van der Waals surface area (Å²) in [6.07, 6.45) is 3.35. The number of nitrogens with zero attached hydrogens (tertiary/aromatic N) is 2. The number of nitrogens with one attached hydrogen (secondary N) is 1. The van der Waals surface area contributed by atoms with Crippen LogP contribution in [-0.4, -0.2) is 22.5 Å². The Morgan fingerprint density at radius 2 is 1.94 bits per heavy atom. The largest absolute Gasteiger partial charge is 0.433 e. The Morgan fingerprint density at radius 1 is 1.12 bits per heavy atom. The second-order valence-corrected chi connectivity index (χ2v) is 7.66. The van der Waals surface area contributed by atoms with Gasteiger partial charge >= 0.3 is 6.61 Å². The van der Waals surface area contributed by atoms with Crippen molar-refractivity contribution < 1.29 is 18.3 Å². The summed E-state index contributed by atoms with van der Waals surface area (Å²) in [5, 5.41) is 3.45. The lowest BCUT2D eigenvalue weighted by Crippen LogP contribution is -2.13. The van der Waals surface area contributed by atoms with E-state index in [1.165, 1.54) is 18.2 Å². The first-order chi connectivity index (χ1) is 15.3. The van der Waals surface area contributed by atoms with E-state index < -0.39 is 6.61 Å². The fourth-order valence-electron chi connectivity index (χ4n) is 3.50. The summed E-state index contributed by atoms with van der Waals surface area (Å²) in [7, 11) is 0. The van der Waals surface area contributed by atoms with Crippen LogP contribution >= 0.6 is 11.6 Å². The van der Waals surface area contributed by atoms with Crippen LogP contribution in [0.25, 0.3) is 22.2 Å². The Labute approximate surface area is 188 Å². The molecule has 4 aromatic rings. The normalized spacial score (nSPS) is 11.1. The van der Waals surface area contributed by atoms with Crippen molar-refractivity contribution in [3.05, 3.63) is 82.6 Å². The molecule has 0 unspecified atom stereocenters. The van der Waals surface area contributed by atoms with Crippen molar-refractivity contribution in [3.63, 3.8) is 0 Å². The zero-order valence-electron chi connectivity index (χ0n) is 17.2. The molecule has 1 N–H and O–H groups in total. The number of hydrogen-bond donors (Lipinski definition) is 1. The number of aromatic nitrogens is 2. The molecule has 0 aliphatic carbocycles. The summed E-state index contributed by atoms with van der Waals surface area (Å²) >= 11 is 6.02. The molecule has 2 heterocycles. The molecule has 0 spiro atoms. The lowest BCUT2D eigenvalue weighted by Gasteiger charge is -2.14. The van der Waals surface area contributed by atoms with E-state index >= 15 is 0 Å². The van der Waals surface area contributed by atoms with Crippen LogP contribution < -0.4 is 10.1 Å². The van der Waals surface area contributed by atoms with Crippen molar-refractivity contribution in [1.29, 1.82) is 0 Å². The molecule has 0 aliphatic rings. The first-order valence-corrected chi connectivity index (χ1v) is 10.1. The molecule has 2 aromatic heterocycles. The van der Waals surface area contributed by atoms with E-state index in [-0.39, 0.29) is 16.7 Å². The van der Waals surface area contributed by atoms with E-state index in [1.54, 1.807) is 24.5 Å². The second kappa shape index (κ2) is 8.88. The van der Waals surface area contributed by atoms with Gasteiger partial charge in [0.1, 0.15) is 5.75 Å². The molecule has 0 bridgehead atoms. The lowest BCUT2D eigenvalue weighted by molar-refractivity contribution is -0.0497. The number of hydrogen-bond acceptors (Lipinski definition) is 4. The molecular weight excluding hydrogens is 436 g/mol. The van der Waals surface area contributed by atoms with Gasteiger partial charge in [-0.25, -0.2) is 4.98 Å². The van der Waals surface area contributed by atoms with E-state index in [9.17, 15) is 13.6 Å². The number of ether oxygens (including phenoxy) is 1. The Kier molecular flexibility index (Phi) is 6.01. The summed E-state index contributed by atoms with van der Waals surface area (Å²) in [6.45, 7) is 0.900. The van der Waals surface area contributed by atoms with E-state index in [0.29, 0.717) is 27.8 Å². The Bertz CT molecular complexity index is 1310. The molecule has 2 aromatic carbocycles. The van der Waals surface area contributed by atoms with E-state index in [1.807, 2.05) is 32.0 Å². The first-order valence-electron chi connectivity index (χ1n) is 9.70. The predicted molar refractivity (Wildman–Crippen MR) is 120 cm³/mol. The SMILES string of the molecule is Cc1cc(C)c2nc(-c3cccnc3)cc(C(=O)Nc3ccc(OC(F)F)c(Cl)c3)c2c1. The number of anilines is 1. The van der Waals surface area contributed by atoms with E-state index in [2.05, 4.69) is 15.0 Å². The average Bonchev–Trinajstić information content (AvgIpc) is 2.75. The molecule has 162 valence electrons. The highest BCUT2D eigenvalue weighted by atomic mass is 35.5. The van der Waals surface area contributed by atoms with Gasteiger partial charge in [0.15, 0.2) is 0 Å². The van der Waals surface area contributed by atoms with Crippen molar-refractivity contribution in [2.45, 2.75) is 20.5 Å². The lowest BCUT2D eigenvalue weighted by atomic mass is 9.99. The maximum absolute atomic E-state index is 13.3. The summed E-state index contributed by atoms with van der Waals surface area (Å²) in [5.41, 5.74) is 4.80. The van der Waals surface area contributed by atoms with Crippen LogP contribution in [0.4, 0.5) is 14.5 Å². The number of fused-ring (bicyclic) bond motifs is 1. The zero-order chi connectivity index (χ0) is 22.8. The number of pyridine rings is 2. The molecule has 5 nitrogen and oxygen atoms in total.